The highest BCUT2D eigenvalue weighted by atomic mass is 79.9. The van der Waals surface area contributed by atoms with Crippen LogP contribution in [-0.2, 0) is 0 Å². The third kappa shape index (κ3) is 1.97. The zero-order valence-electron chi connectivity index (χ0n) is 5.57. The van der Waals surface area contributed by atoms with Crippen molar-refractivity contribution in [1.29, 1.82) is 0 Å². The molecule has 0 radical (unpaired) electrons. The molecule has 1 nitrogen and oxygen atoms in total. The Labute approximate surface area is 86.6 Å². The van der Waals surface area contributed by atoms with Gasteiger partial charge in [-0.1, -0.05) is 11.6 Å². The van der Waals surface area contributed by atoms with Crippen molar-refractivity contribution in [3.63, 3.8) is 0 Å². The van der Waals surface area contributed by atoms with Gasteiger partial charge in [0.05, 0.1) is 10.0 Å². The number of carbonyl (C=O) groups excluding carboxylic acids is 1. The van der Waals surface area contributed by atoms with Gasteiger partial charge < -0.3 is 0 Å². The van der Waals surface area contributed by atoms with Crippen LogP contribution >= 0.6 is 39.1 Å². The second kappa shape index (κ2) is 3.73. The van der Waals surface area contributed by atoms with E-state index < -0.39 is 11.1 Å². The number of hydrogen-bond donors (Lipinski definition) is 0. The van der Waals surface area contributed by atoms with E-state index in [4.69, 9.17) is 23.2 Å². The molecule has 64 valence electrons. The molecular formula is C7H2BrCl2FO. The summed E-state index contributed by atoms with van der Waals surface area (Å²) in [5.74, 6) is -0.695. The molecule has 5 heteroatoms. The van der Waals surface area contributed by atoms with Crippen LogP contribution in [0.2, 0.25) is 5.02 Å². The molecule has 1 aromatic carbocycles. The average molecular weight is 272 g/mol. The SMILES string of the molecule is O=C(Cl)c1cc(Cl)cc(Br)c1F. The fourth-order valence-corrected chi connectivity index (χ4v) is 1.65. The zero-order chi connectivity index (χ0) is 9.30. The number of rotatable bonds is 1. The minimum Gasteiger partial charge on any atom is -0.275 e. The molecule has 0 aliphatic carbocycles. The number of hydrogen-bond acceptors (Lipinski definition) is 1. The van der Waals surface area contributed by atoms with Gasteiger partial charge in [0.2, 0.25) is 0 Å². The van der Waals surface area contributed by atoms with Crippen LogP contribution in [0.5, 0.6) is 0 Å². The minimum atomic E-state index is -0.865. The van der Waals surface area contributed by atoms with E-state index in [-0.39, 0.29) is 15.1 Å². The van der Waals surface area contributed by atoms with Crippen molar-refractivity contribution >= 4 is 44.4 Å². The van der Waals surface area contributed by atoms with Crippen LogP contribution in [0.3, 0.4) is 0 Å². The maximum Gasteiger partial charge on any atom is 0.255 e. The molecule has 0 N–H and O–H groups in total. The van der Waals surface area contributed by atoms with Crippen molar-refractivity contribution in [3.8, 4) is 0 Å². The maximum absolute atomic E-state index is 13.0. The van der Waals surface area contributed by atoms with Gasteiger partial charge in [-0.3, -0.25) is 4.79 Å². The van der Waals surface area contributed by atoms with Gasteiger partial charge in [0.25, 0.3) is 5.24 Å². The largest absolute Gasteiger partial charge is 0.275 e. The molecule has 0 aromatic heterocycles. The van der Waals surface area contributed by atoms with E-state index in [9.17, 15) is 9.18 Å². The minimum absolute atomic E-state index is 0.124. The summed E-state index contributed by atoms with van der Waals surface area (Å²) >= 11 is 13.5. The molecule has 0 saturated heterocycles. The first-order valence-corrected chi connectivity index (χ1v) is 4.41. The highest BCUT2D eigenvalue weighted by molar-refractivity contribution is 9.10. The predicted octanol–water partition coefficient (Wildman–Crippen LogP) is 3.62. The molecule has 0 fully saturated rings. The summed E-state index contributed by atoms with van der Waals surface area (Å²) < 4.78 is 13.1. The number of benzene rings is 1. The van der Waals surface area contributed by atoms with Gasteiger partial charge in [-0.15, -0.1) is 0 Å². The molecule has 0 atom stereocenters. The van der Waals surface area contributed by atoms with Gasteiger partial charge in [0.15, 0.2) is 0 Å². The summed E-state index contributed by atoms with van der Waals surface area (Å²) in [5, 5.41) is -0.608. The third-order valence-electron chi connectivity index (χ3n) is 1.20. The predicted molar refractivity (Wildman–Crippen MR) is 49.3 cm³/mol. The summed E-state index contributed by atoms with van der Waals surface area (Å²) in [5.41, 5.74) is -0.226. The summed E-state index contributed by atoms with van der Waals surface area (Å²) in [7, 11) is 0. The number of halogens is 4. The van der Waals surface area contributed by atoms with Crippen LogP contribution in [-0.4, -0.2) is 5.24 Å². The van der Waals surface area contributed by atoms with Gasteiger partial charge in [-0.05, 0) is 39.7 Å². The summed E-state index contributed by atoms with van der Waals surface area (Å²) in [4.78, 5) is 10.6. The second-order valence-electron chi connectivity index (χ2n) is 2.02. The molecule has 0 amide bonds. The Morgan fingerprint density at radius 2 is 2.08 bits per heavy atom. The lowest BCUT2D eigenvalue weighted by Crippen LogP contribution is -1.95. The van der Waals surface area contributed by atoms with E-state index in [2.05, 4.69) is 15.9 Å². The van der Waals surface area contributed by atoms with Crippen molar-refractivity contribution in [1.82, 2.24) is 0 Å². The first-order chi connectivity index (χ1) is 5.52. The van der Waals surface area contributed by atoms with E-state index in [0.717, 1.165) is 0 Å². The summed E-state index contributed by atoms with van der Waals surface area (Å²) in [6.45, 7) is 0. The maximum atomic E-state index is 13.0. The first-order valence-electron chi connectivity index (χ1n) is 2.86. The average Bonchev–Trinajstić information content (AvgIpc) is 1.96. The molecule has 1 rings (SSSR count). The monoisotopic (exact) mass is 270 g/mol. The van der Waals surface area contributed by atoms with E-state index >= 15 is 0 Å². The molecule has 12 heavy (non-hydrogen) atoms. The van der Waals surface area contributed by atoms with Gasteiger partial charge in [0, 0.05) is 5.02 Å². The Kier molecular flexibility index (Phi) is 3.09. The quantitative estimate of drug-likeness (QED) is 0.563. The van der Waals surface area contributed by atoms with Crippen LogP contribution in [0.25, 0.3) is 0 Å². The normalized spacial score (nSPS) is 10.0. The van der Waals surface area contributed by atoms with Crippen LogP contribution < -0.4 is 0 Å². The second-order valence-corrected chi connectivity index (χ2v) is 3.66. The molecule has 0 bridgehead atoms. The lowest BCUT2D eigenvalue weighted by Gasteiger charge is -1.99. The van der Waals surface area contributed by atoms with E-state index in [1.54, 1.807) is 0 Å². The number of carbonyl (C=O) groups is 1. The van der Waals surface area contributed by atoms with Gasteiger partial charge >= 0.3 is 0 Å². The molecule has 0 aliphatic heterocycles. The summed E-state index contributed by atoms with van der Waals surface area (Å²) in [6, 6.07) is 2.52. The van der Waals surface area contributed by atoms with Gasteiger partial charge in [-0.25, -0.2) is 4.39 Å². The topological polar surface area (TPSA) is 17.1 Å². The Balaban J connectivity index is 3.37. The third-order valence-corrected chi connectivity index (χ3v) is 2.20. The summed E-state index contributed by atoms with van der Waals surface area (Å²) in [6.07, 6.45) is 0. The molecule has 1 aromatic rings. The fraction of sp³-hybridized carbons (Fsp3) is 0. The van der Waals surface area contributed by atoms with Crippen LogP contribution in [0, 0.1) is 5.82 Å². The Morgan fingerprint density at radius 1 is 1.50 bits per heavy atom. The van der Waals surface area contributed by atoms with Crippen molar-refractivity contribution in [3.05, 3.63) is 33.0 Å². The highest BCUT2D eigenvalue weighted by Crippen LogP contribution is 2.25. The molecule has 0 unspecified atom stereocenters. The van der Waals surface area contributed by atoms with E-state index in [1.165, 1.54) is 12.1 Å². The van der Waals surface area contributed by atoms with E-state index in [0.29, 0.717) is 0 Å². The van der Waals surface area contributed by atoms with E-state index in [1.807, 2.05) is 0 Å². The van der Waals surface area contributed by atoms with Crippen LogP contribution in [0.1, 0.15) is 10.4 Å². The fourth-order valence-electron chi connectivity index (χ4n) is 0.699. The van der Waals surface area contributed by atoms with Crippen LogP contribution in [0.4, 0.5) is 4.39 Å². The van der Waals surface area contributed by atoms with Crippen molar-refractivity contribution in [2.45, 2.75) is 0 Å². The molecule has 0 heterocycles. The van der Waals surface area contributed by atoms with Crippen molar-refractivity contribution < 1.29 is 9.18 Å². The smallest absolute Gasteiger partial charge is 0.255 e. The lowest BCUT2D eigenvalue weighted by atomic mass is 10.2. The van der Waals surface area contributed by atoms with Gasteiger partial charge in [0.1, 0.15) is 5.82 Å². The van der Waals surface area contributed by atoms with Crippen LogP contribution in [0.15, 0.2) is 16.6 Å². The Morgan fingerprint density at radius 3 is 2.58 bits per heavy atom. The molecule has 0 spiro atoms. The van der Waals surface area contributed by atoms with Gasteiger partial charge in [-0.2, -0.15) is 0 Å². The Hall–Kier alpha value is -0.120. The van der Waals surface area contributed by atoms with Crippen molar-refractivity contribution in [2.24, 2.45) is 0 Å². The lowest BCUT2D eigenvalue weighted by molar-refractivity contribution is 0.107. The highest BCUT2D eigenvalue weighted by Gasteiger charge is 2.13. The molecule has 0 saturated carbocycles. The molecular weight excluding hydrogens is 270 g/mol. The Bertz CT molecular complexity index is 340. The first kappa shape index (κ1) is 9.96. The molecule has 0 aliphatic rings. The standard InChI is InChI=1S/C7H2BrCl2FO/c8-5-2-3(9)1-4(6(5)11)7(10)12/h1-2H. The zero-order valence-corrected chi connectivity index (χ0v) is 8.67. The van der Waals surface area contributed by atoms with Crippen molar-refractivity contribution in [2.75, 3.05) is 0 Å².